The predicted octanol–water partition coefficient (Wildman–Crippen LogP) is 2.90. The van der Waals surface area contributed by atoms with E-state index in [1.807, 2.05) is 4.68 Å². The summed E-state index contributed by atoms with van der Waals surface area (Å²) in [5, 5.41) is 11.2. The Morgan fingerprint density at radius 1 is 1.30 bits per heavy atom. The number of fused-ring (bicyclic) bond motifs is 1. The van der Waals surface area contributed by atoms with Crippen LogP contribution in [-0.2, 0) is 19.4 Å². The van der Waals surface area contributed by atoms with Gasteiger partial charge in [0.2, 0.25) is 0 Å². The lowest BCUT2D eigenvalue weighted by Gasteiger charge is -2.25. The van der Waals surface area contributed by atoms with Crippen LogP contribution >= 0.6 is 0 Å². The standard InChI is InChI=1S/C21H32N6/c1-4-22-21(26-19-11-12-20-24-15-25-27(20)14-19)23-13-5-6-17-7-9-18(10-8-17)16(2)3/h7-10,15-16,19H,4-6,11-14H2,1-3H3,(H2,22,23,26). The van der Waals surface area contributed by atoms with Crippen molar-refractivity contribution in [2.24, 2.45) is 4.99 Å². The molecule has 0 saturated carbocycles. The number of aryl methyl sites for hydroxylation is 2. The lowest BCUT2D eigenvalue weighted by molar-refractivity contribution is 0.392. The maximum atomic E-state index is 4.76. The maximum Gasteiger partial charge on any atom is 0.191 e. The van der Waals surface area contributed by atoms with Crippen LogP contribution in [0.25, 0.3) is 0 Å². The summed E-state index contributed by atoms with van der Waals surface area (Å²) in [6.07, 6.45) is 5.78. The molecule has 2 aromatic rings. The highest BCUT2D eigenvalue weighted by Crippen LogP contribution is 2.15. The van der Waals surface area contributed by atoms with E-state index < -0.39 is 0 Å². The van der Waals surface area contributed by atoms with Gasteiger partial charge in [-0.25, -0.2) is 9.67 Å². The van der Waals surface area contributed by atoms with E-state index in [1.165, 1.54) is 11.1 Å². The number of nitrogens with zero attached hydrogens (tertiary/aromatic N) is 4. The van der Waals surface area contributed by atoms with Gasteiger partial charge in [0.1, 0.15) is 12.2 Å². The van der Waals surface area contributed by atoms with Gasteiger partial charge in [-0.3, -0.25) is 4.99 Å². The zero-order chi connectivity index (χ0) is 19.1. The second kappa shape index (κ2) is 9.53. The zero-order valence-corrected chi connectivity index (χ0v) is 16.8. The summed E-state index contributed by atoms with van der Waals surface area (Å²) in [5.41, 5.74) is 2.79. The van der Waals surface area contributed by atoms with Gasteiger partial charge in [-0.1, -0.05) is 38.1 Å². The number of aromatic nitrogens is 3. The summed E-state index contributed by atoms with van der Waals surface area (Å²) >= 11 is 0. The fourth-order valence-electron chi connectivity index (χ4n) is 3.41. The molecule has 146 valence electrons. The smallest absolute Gasteiger partial charge is 0.191 e. The Kier molecular flexibility index (Phi) is 6.85. The summed E-state index contributed by atoms with van der Waals surface area (Å²) in [5.74, 6) is 2.57. The van der Waals surface area contributed by atoms with Gasteiger partial charge in [-0.2, -0.15) is 5.10 Å². The van der Waals surface area contributed by atoms with Gasteiger partial charge >= 0.3 is 0 Å². The molecule has 1 atom stereocenters. The van der Waals surface area contributed by atoms with E-state index in [1.54, 1.807) is 6.33 Å². The second-order valence-corrected chi connectivity index (χ2v) is 7.50. The summed E-state index contributed by atoms with van der Waals surface area (Å²) in [4.78, 5) is 9.05. The van der Waals surface area contributed by atoms with Crippen molar-refractivity contribution in [3.63, 3.8) is 0 Å². The number of hydrogen-bond donors (Lipinski definition) is 2. The van der Waals surface area contributed by atoms with Crippen molar-refractivity contribution in [2.75, 3.05) is 13.1 Å². The first-order valence-corrected chi connectivity index (χ1v) is 10.2. The van der Waals surface area contributed by atoms with Crippen molar-refractivity contribution in [3.05, 3.63) is 47.5 Å². The molecule has 0 amide bonds. The lowest BCUT2D eigenvalue weighted by Crippen LogP contribution is -2.47. The van der Waals surface area contributed by atoms with Gasteiger partial charge in [0.25, 0.3) is 0 Å². The molecule has 0 bridgehead atoms. The van der Waals surface area contributed by atoms with Crippen LogP contribution in [0.3, 0.4) is 0 Å². The first-order chi connectivity index (χ1) is 13.2. The normalized spacial score (nSPS) is 17.0. The summed E-state index contributed by atoms with van der Waals surface area (Å²) in [6, 6.07) is 9.34. The van der Waals surface area contributed by atoms with Gasteiger partial charge < -0.3 is 10.6 Å². The third-order valence-electron chi connectivity index (χ3n) is 5.03. The molecule has 0 fully saturated rings. The Morgan fingerprint density at radius 2 is 2.11 bits per heavy atom. The zero-order valence-electron chi connectivity index (χ0n) is 16.8. The van der Waals surface area contributed by atoms with Crippen molar-refractivity contribution >= 4 is 5.96 Å². The van der Waals surface area contributed by atoms with E-state index >= 15 is 0 Å². The van der Waals surface area contributed by atoms with E-state index in [0.717, 1.165) is 57.1 Å². The molecular weight excluding hydrogens is 336 g/mol. The first kappa shape index (κ1) is 19.4. The fraction of sp³-hybridized carbons (Fsp3) is 0.571. The minimum atomic E-state index is 0.348. The van der Waals surface area contributed by atoms with E-state index in [-0.39, 0.29) is 0 Å². The van der Waals surface area contributed by atoms with Crippen molar-refractivity contribution in [2.45, 2.75) is 65.0 Å². The lowest BCUT2D eigenvalue weighted by atomic mass is 10.0. The molecule has 1 aromatic heterocycles. The third kappa shape index (κ3) is 5.55. The van der Waals surface area contributed by atoms with E-state index in [2.05, 4.69) is 65.8 Å². The Morgan fingerprint density at radius 3 is 2.85 bits per heavy atom. The van der Waals surface area contributed by atoms with Crippen molar-refractivity contribution in [1.82, 2.24) is 25.4 Å². The molecule has 0 radical (unpaired) electrons. The number of hydrogen-bond acceptors (Lipinski definition) is 3. The second-order valence-electron chi connectivity index (χ2n) is 7.50. The van der Waals surface area contributed by atoms with Crippen LogP contribution in [0.15, 0.2) is 35.6 Å². The van der Waals surface area contributed by atoms with Gasteiger partial charge in [-0.15, -0.1) is 0 Å². The van der Waals surface area contributed by atoms with Crippen LogP contribution in [0.5, 0.6) is 0 Å². The van der Waals surface area contributed by atoms with E-state index in [4.69, 9.17) is 4.99 Å². The highest BCUT2D eigenvalue weighted by Gasteiger charge is 2.20. The minimum Gasteiger partial charge on any atom is -0.357 e. The Labute approximate surface area is 162 Å². The molecule has 1 aliphatic heterocycles. The molecule has 1 aromatic carbocycles. The van der Waals surface area contributed by atoms with Gasteiger partial charge in [0.15, 0.2) is 5.96 Å². The predicted molar refractivity (Wildman–Crippen MR) is 110 cm³/mol. The summed E-state index contributed by atoms with van der Waals surface area (Å²) in [7, 11) is 0. The van der Waals surface area contributed by atoms with Crippen molar-refractivity contribution < 1.29 is 0 Å². The average Bonchev–Trinajstić information content (AvgIpc) is 3.13. The van der Waals surface area contributed by atoms with E-state index in [0.29, 0.717) is 12.0 Å². The highest BCUT2D eigenvalue weighted by atomic mass is 15.4. The topological polar surface area (TPSA) is 67.1 Å². The van der Waals surface area contributed by atoms with Gasteiger partial charge in [0, 0.05) is 25.6 Å². The maximum absolute atomic E-state index is 4.76. The van der Waals surface area contributed by atoms with Crippen LogP contribution in [0, 0.1) is 0 Å². The molecule has 27 heavy (non-hydrogen) atoms. The van der Waals surface area contributed by atoms with Crippen LogP contribution < -0.4 is 10.6 Å². The fourth-order valence-corrected chi connectivity index (χ4v) is 3.41. The largest absolute Gasteiger partial charge is 0.357 e. The van der Waals surface area contributed by atoms with Crippen molar-refractivity contribution in [3.8, 4) is 0 Å². The monoisotopic (exact) mass is 368 g/mol. The molecular formula is C21H32N6. The molecule has 0 aliphatic carbocycles. The number of benzene rings is 1. The molecule has 2 N–H and O–H groups in total. The number of nitrogens with one attached hydrogen (secondary N) is 2. The SMILES string of the molecule is CCNC(=NCCCc1ccc(C(C)C)cc1)NC1CCc2ncnn2C1. The Bertz CT molecular complexity index is 731. The van der Waals surface area contributed by atoms with Crippen LogP contribution in [-0.4, -0.2) is 39.9 Å². The molecule has 1 unspecified atom stereocenters. The Hall–Kier alpha value is -2.37. The van der Waals surface area contributed by atoms with Gasteiger partial charge in [0.05, 0.1) is 6.54 Å². The van der Waals surface area contributed by atoms with Crippen LogP contribution in [0.2, 0.25) is 0 Å². The van der Waals surface area contributed by atoms with Crippen LogP contribution in [0.4, 0.5) is 0 Å². The van der Waals surface area contributed by atoms with Gasteiger partial charge in [-0.05, 0) is 43.2 Å². The molecule has 6 heteroatoms. The molecule has 0 spiro atoms. The number of guanidine groups is 1. The molecule has 0 saturated heterocycles. The highest BCUT2D eigenvalue weighted by molar-refractivity contribution is 5.80. The van der Waals surface area contributed by atoms with Crippen LogP contribution in [0.1, 0.15) is 56.5 Å². The first-order valence-electron chi connectivity index (χ1n) is 10.2. The average molecular weight is 369 g/mol. The molecule has 2 heterocycles. The molecule has 1 aliphatic rings. The molecule has 3 rings (SSSR count). The molecule has 6 nitrogen and oxygen atoms in total. The van der Waals surface area contributed by atoms with Crippen molar-refractivity contribution in [1.29, 1.82) is 0 Å². The number of rotatable bonds is 7. The quantitative estimate of drug-likeness (QED) is 0.448. The third-order valence-corrected chi connectivity index (χ3v) is 5.03. The number of aliphatic imine (C=N–C) groups is 1. The van der Waals surface area contributed by atoms with E-state index in [9.17, 15) is 0 Å². The Balaban J connectivity index is 1.47. The summed E-state index contributed by atoms with van der Waals surface area (Å²) in [6.45, 7) is 9.10. The summed E-state index contributed by atoms with van der Waals surface area (Å²) < 4.78 is 1.99. The minimum absolute atomic E-state index is 0.348.